The van der Waals surface area contributed by atoms with Gasteiger partial charge >= 0.3 is 5.97 Å². The molecule has 96 valence electrons. The molecule has 1 aromatic rings. The summed E-state index contributed by atoms with van der Waals surface area (Å²) in [6, 6.07) is 4.22. The molecule has 0 saturated carbocycles. The molecule has 1 aromatic heterocycles. The summed E-state index contributed by atoms with van der Waals surface area (Å²) in [5, 5.41) is 14.8. The molecule has 0 bridgehead atoms. The van der Waals surface area contributed by atoms with E-state index in [1.165, 1.54) is 4.88 Å². The Bertz CT molecular complexity index is 327. The van der Waals surface area contributed by atoms with Gasteiger partial charge in [-0.05, 0) is 25.3 Å². The van der Waals surface area contributed by atoms with Crippen LogP contribution in [0.25, 0.3) is 0 Å². The van der Waals surface area contributed by atoms with Gasteiger partial charge in [-0.1, -0.05) is 6.07 Å². The Kier molecular flexibility index (Phi) is 6.18. The maximum Gasteiger partial charge on any atom is 0.308 e. The number of hydrogen-bond acceptors (Lipinski definition) is 5. The van der Waals surface area contributed by atoms with Crippen molar-refractivity contribution in [1.82, 2.24) is 5.32 Å². The van der Waals surface area contributed by atoms with E-state index in [4.69, 9.17) is 4.74 Å². The van der Waals surface area contributed by atoms with Crippen LogP contribution in [0.15, 0.2) is 17.5 Å². The average molecular weight is 257 g/mol. The Hall–Kier alpha value is -0.910. The second kappa shape index (κ2) is 7.42. The van der Waals surface area contributed by atoms with Crippen molar-refractivity contribution in [2.45, 2.75) is 32.4 Å². The molecule has 1 heterocycles. The van der Waals surface area contributed by atoms with Gasteiger partial charge in [0, 0.05) is 17.5 Å². The molecule has 0 aliphatic heterocycles. The first kappa shape index (κ1) is 14.2. The number of ether oxygens (including phenoxy) is 1. The molecule has 0 saturated heterocycles. The van der Waals surface area contributed by atoms with Gasteiger partial charge in [-0.2, -0.15) is 0 Å². The molecule has 4 nitrogen and oxygen atoms in total. The first-order valence-electron chi connectivity index (χ1n) is 5.74. The number of aliphatic hydroxyl groups is 1. The number of esters is 1. The third-order valence-corrected chi connectivity index (χ3v) is 3.39. The molecule has 0 amide bonds. The molecular weight excluding hydrogens is 238 g/mol. The lowest BCUT2D eigenvalue weighted by Crippen LogP contribution is -2.30. The maximum absolute atomic E-state index is 11.1. The predicted molar refractivity (Wildman–Crippen MR) is 68.0 cm³/mol. The number of nitrogens with one attached hydrogen (secondary N) is 1. The number of carbonyl (C=O) groups excluding carboxylic acids is 1. The number of rotatable bonds is 7. The van der Waals surface area contributed by atoms with Crippen LogP contribution in [0.2, 0.25) is 0 Å². The van der Waals surface area contributed by atoms with Crippen LogP contribution in [-0.4, -0.2) is 30.3 Å². The van der Waals surface area contributed by atoms with E-state index < -0.39 is 6.10 Å². The van der Waals surface area contributed by atoms with E-state index in [9.17, 15) is 9.90 Å². The summed E-state index contributed by atoms with van der Waals surface area (Å²) in [6.45, 7) is 4.52. The quantitative estimate of drug-likeness (QED) is 0.730. The number of hydrogen-bond donors (Lipinski definition) is 2. The molecule has 2 atom stereocenters. The Morgan fingerprint density at radius 3 is 3.00 bits per heavy atom. The van der Waals surface area contributed by atoms with Crippen LogP contribution in [0.4, 0.5) is 0 Å². The largest absolute Gasteiger partial charge is 0.466 e. The summed E-state index contributed by atoms with van der Waals surface area (Å²) >= 11 is 1.67. The average Bonchev–Trinajstić information content (AvgIpc) is 2.79. The minimum absolute atomic E-state index is 0.0397. The van der Waals surface area contributed by atoms with Crippen molar-refractivity contribution in [2.24, 2.45) is 0 Å². The zero-order valence-electron chi connectivity index (χ0n) is 10.2. The van der Waals surface area contributed by atoms with Crippen LogP contribution in [0.3, 0.4) is 0 Å². The number of carbonyl (C=O) groups is 1. The van der Waals surface area contributed by atoms with Crippen molar-refractivity contribution >= 4 is 17.3 Å². The van der Waals surface area contributed by atoms with Gasteiger partial charge in [0.2, 0.25) is 0 Å². The molecule has 0 aliphatic rings. The highest BCUT2D eigenvalue weighted by atomic mass is 32.1. The van der Waals surface area contributed by atoms with Gasteiger partial charge in [0.25, 0.3) is 0 Å². The van der Waals surface area contributed by atoms with Crippen LogP contribution in [0.5, 0.6) is 0 Å². The smallest absolute Gasteiger partial charge is 0.308 e. The zero-order valence-corrected chi connectivity index (χ0v) is 11.0. The molecule has 0 spiro atoms. The summed E-state index contributed by atoms with van der Waals surface area (Å²) < 4.78 is 4.77. The van der Waals surface area contributed by atoms with Gasteiger partial charge in [0.05, 0.1) is 19.1 Å². The lowest BCUT2D eigenvalue weighted by Gasteiger charge is -2.15. The fraction of sp³-hybridized carbons (Fsp3) is 0.583. The van der Waals surface area contributed by atoms with Gasteiger partial charge in [-0.3, -0.25) is 4.79 Å². The first-order valence-corrected chi connectivity index (χ1v) is 6.62. The van der Waals surface area contributed by atoms with Crippen molar-refractivity contribution in [3.63, 3.8) is 0 Å². The molecule has 5 heteroatoms. The normalized spacial score (nSPS) is 14.3. The topological polar surface area (TPSA) is 58.6 Å². The summed E-state index contributed by atoms with van der Waals surface area (Å²) in [6.07, 6.45) is -0.658. The molecule has 2 unspecified atom stereocenters. The highest BCUT2D eigenvalue weighted by Gasteiger charge is 2.13. The second-order valence-corrected chi connectivity index (χ2v) is 4.79. The van der Waals surface area contributed by atoms with Crippen molar-refractivity contribution in [2.75, 3.05) is 13.2 Å². The standard InChI is InChI=1S/C12H19NO3S/c1-3-16-12(15)7-10(14)8-13-9(2)11-5-4-6-17-11/h4-6,9-10,13-14H,3,7-8H2,1-2H3. The van der Waals surface area contributed by atoms with Crippen LogP contribution < -0.4 is 5.32 Å². The van der Waals surface area contributed by atoms with Crippen LogP contribution >= 0.6 is 11.3 Å². The van der Waals surface area contributed by atoms with Crippen LogP contribution in [0.1, 0.15) is 31.2 Å². The lowest BCUT2D eigenvalue weighted by atomic mass is 10.2. The molecule has 1 rings (SSSR count). The van der Waals surface area contributed by atoms with Gasteiger partial charge in [-0.25, -0.2) is 0 Å². The summed E-state index contributed by atoms with van der Waals surface area (Å²) in [7, 11) is 0. The van der Waals surface area contributed by atoms with Crippen LogP contribution in [-0.2, 0) is 9.53 Å². The maximum atomic E-state index is 11.1. The lowest BCUT2D eigenvalue weighted by molar-refractivity contribution is -0.145. The number of thiophene rings is 1. The third-order valence-electron chi connectivity index (χ3n) is 2.34. The fourth-order valence-corrected chi connectivity index (χ4v) is 2.19. The van der Waals surface area contributed by atoms with Gasteiger partial charge in [0.1, 0.15) is 0 Å². The minimum Gasteiger partial charge on any atom is -0.466 e. The molecule has 0 radical (unpaired) electrons. The van der Waals surface area contributed by atoms with Gasteiger partial charge in [-0.15, -0.1) is 11.3 Å². The Morgan fingerprint density at radius 1 is 1.65 bits per heavy atom. The van der Waals surface area contributed by atoms with Crippen molar-refractivity contribution in [3.05, 3.63) is 22.4 Å². The van der Waals surface area contributed by atoms with E-state index in [1.807, 2.05) is 24.4 Å². The number of aliphatic hydroxyl groups excluding tert-OH is 1. The zero-order chi connectivity index (χ0) is 12.7. The van der Waals surface area contributed by atoms with E-state index in [0.29, 0.717) is 13.2 Å². The molecule has 0 aromatic carbocycles. The van der Waals surface area contributed by atoms with Crippen molar-refractivity contribution in [1.29, 1.82) is 0 Å². The summed E-state index contributed by atoms with van der Waals surface area (Å²) in [4.78, 5) is 12.3. The molecular formula is C12H19NO3S. The summed E-state index contributed by atoms with van der Waals surface area (Å²) in [5.74, 6) is -0.356. The first-order chi connectivity index (χ1) is 8.13. The van der Waals surface area contributed by atoms with E-state index in [0.717, 1.165) is 0 Å². The molecule has 0 aliphatic carbocycles. The Labute approximate surface area is 106 Å². The second-order valence-electron chi connectivity index (χ2n) is 3.81. The molecule has 17 heavy (non-hydrogen) atoms. The summed E-state index contributed by atoms with van der Waals surface area (Å²) in [5.41, 5.74) is 0. The fourth-order valence-electron chi connectivity index (χ4n) is 1.44. The SMILES string of the molecule is CCOC(=O)CC(O)CNC(C)c1cccs1. The third kappa shape index (κ3) is 5.30. The van der Waals surface area contributed by atoms with Gasteiger partial charge in [0.15, 0.2) is 0 Å². The monoisotopic (exact) mass is 257 g/mol. The molecule has 0 fully saturated rings. The Balaban J connectivity index is 2.23. The Morgan fingerprint density at radius 2 is 2.41 bits per heavy atom. The van der Waals surface area contributed by atoms with E-state index in [-0.39, 0.29) is 18.4 Å². The highest BCUT2D eigenvalue weighted by Crippen LogP contribution is 2.17. The van der Waals surface area contributed by atoms with Gasteiger partial charge < -0.3 is 15.2 Å². The minimum atomic E-state index is -0.698. The van der Waals surface area contributed by atoms with E-state index in [1.54, 1.807) is 18.3 Å². The van der Waals surface area contributed by atoms with Crippen molar-refractivity contribution in [3.8, 4) is 0 Å². The highest BCUT2D eigenvalue weighted by molar-refractivity contribution is 7.10. The predicted octanol–water partition coefficient (Wildman–Crippen LogP) is 1.71. The van der Waals surface area contributed by atoms with Crippen LogP contribution in [0, 0.1) is 0 Å². The van der Waals surface area contributed by atoms with E-state index >= 15 is 0 Å². The van der Waals surface area contributed by atoms with E-state index in [2.05, 4.69) is 5.32 Å². The molecule has 2 N–H and O–H groups in total. The van der Waals surface area contributed by atoms with Crippen molar-refractivity contribution < 1.29 is 14.6 Å².